The first-order valence-electron chi connectivity index (χ1n) is 7.62. The summed E-state index contributed by atoms with van der Waals surface area (Å²) in [5.41, 5.74) is 2.20. The van der Waals surface area contributed by atoms with Crippen molar-refractivity contribution in [2.45, 2.75) is 33.1 Å². The SMILES string of the molecule is Cc1ccc(N(C)C(=O)CC(C)C2CCNCC2)cc1. The summed E-state index contributed by atoms with van der Waals surface area (Å²) in [6.45, 7) is 6.47. The third kappa shape index (κ3) is 3.83. The number of rotatable bonds is 4. The van der Waals surface area contributed by atoms with Crippen LogP contribution in [0.1, 0.15) is 31.7 Å². The minimum Gasteiger partial charge on any atom is -0.317 e. The minimum absolute atomic E-state index is 0.222. The maximum absolute atomic E-state index is 12.4. The molecule has 1 saturated heterocycles. The Labute approximate surface area is 122 Å². The van der Waals surface area contributed by atoms with Crippen molar-refractivity contribution in [2.24, 2.45) is 11.8 Å². The highest BCUT2D eigenvalue weighted by atomic mass is 16.2. The highest BCUT2D eigenvalue weighted by Gasteiger charge is 2.23. The van der Waals surface area contributed by atoms with Gasteiger partial charge in [0.2, 0.25) is 5.91 Å². The second kappa shape index (κ2) is 6.89. The third-order valence-electron chi connectivity index (χ3n) is 4.48. The number of nitrogens with one attached hydrogen (secondary N) is 1. The van der Waals surface area contributed by atoms with E-state index < -0.39 is 0 Å². The lowest BCUT2D eigenvalue weighted by Crippen LogP contribution is -2.34. The van der Waals surface area contributed by atoms with Gasteiger partial charge in [-0.15, -0.1) is 0 Å². The molecule has 110 valence electrons. The third-order valence-corrected chi connectivity index (χ3v) is 4.48. The standard InChI is InChI=1S/C17H26N2O/c1-13-4-6-16(7-5-13)19(3)17(20)12-14(2)15-8-10-18-11-9-15/h4-7,14-15,18H,8-12H2,1-3H3. The molecule has 0 bridgehead atoms. The van der Waals surface area contributed by atoms with Crippen LogP contribution < -0.4 is 10.2 Å². The molecule has 0 aliphatic carbocycles. The molecule has 1 fully saturated rings. The molecular weight excluding hydrogens is 248 g/mol. The van der Waals surface area contributed by atoms with E-state index in [4.69, 9.17) is 0 Å². The summed E-state index contributed by atoms with van der Waals surface area (Å²) < 4.78 is 0. The first-order chi connectivity index (χ1) is 9.58. The second-order valence-electron chi connectivity index (χ2n) is 6.06. The molecule has 20 heavy (non-hydrogen) atoms. The Morgan fingerprint density at radius 1 is 1.30 bits per heavy atom. The van der Waals surface area contributed by atoms with Crippen molar-refractivity contribution in [2.75, 3.05) is 25.0 Å². The molecule has 2 rings (SSSR count). The quantitative estimate of drug-likeness (QED) is 0.915. The van der Waals surface area contributed by atoms with Gasteiger partial charge in [0, 0.05) is 19.2 Å². The largest absolute Gasteiger partial charge is 0.317 e. The molecular formula is C17H26N2O. The van der Waals surface area contributed by atoms with Gasteiger partial charge in [-0.25, -0.2) is 0 Å². The van der Waals surface area contributed by atoms with E-state index in [1.165, 1.54) is 18.4 Å². The topological polar surface area (TPSA) is 32.3 Å². The van der Waals surface area contributed by atoms with E-state index in [1.807, 2.05) is 19.2 Å². The normalized spacial score (nSPS) is 17.8. The fraction of sp³-hybridized carbons (Fsp3) is 0.588. The predicted octanol–water partition coefficient (Wildman–Crippen LogP) is 2.98. The summed E-state index contributed by atoms with van der Waals surface area (Å²) in [5, 5.41) is 3.38. The maximum Gasteiger partial charge on any atom is 0.226 e. The summed E-state index contributed by atoms with van der Waals surface area (Å²) in [6, 6.07) is 8.13. The average Bonchev–Trinajstić information content (AvgIpc) is 2.48. The molecule has 1 amide bonds. The molecule has 1 heterocycles. The molecule has 1 aliphatic rings. The highest BCUT2D eigenvalue weighted by Crippen LogP contribution is 2.25. The van der Waals surface area contributed by atoms with Gasteiger partial charge in [-0.05, 0) is 56.8 Å². The van der Waals surface area contributed by atoms with E-state index in [0.717, 1.165) is 18.8 Å². The zero-order valence-corrected chi connectivity index (χ0v) is 12.9. The zero-order chi connectivity index (χ0) is 14.5. The second-order valence-corrected chi connectivity index (χ2v) is 6.06. The van der Waals surface area contributed by atoms with Gasteiger partial charge in [-0.1, -0.05) is 24.6 Å². The molecule has 1 N–H and O–H groups in total. The van der Waals surface area contributed by atoms with Crippen LogP contribution in [0.2, 0.25) is 0 Å². The van der Waals surface area contributed by atoms with Crippen LogP contribution in [0, 0.1) is 18.8 Å². The molecule has 1 atom stereocenters. The molecule has 1 aliphatic heterocycles. The van der Waals surface area contributed by atoms with E-state index in [9.17, 15) is 4.79 Å². The van der Waals surface area contributed by atoms with Gasteiger partial charge in [0.15, 0.2) is 0 Å². The van der Waals surface area contributed by atoms with Crippen LogP contribution in [0.3, 0.4) is 0 Å². The summed E-state index contributed by atoms with van der Waals surface area (Å²) in [4.78, 5) is 14.2. The zero-order valence-electron chi connectivity index (χ0n) is 12.9. The van der Waals surface area contributed by atoms with E-state index in [0.29, 0.717) is 18.3 Å². The average molecular weight is 274 g/mol. The van der Waals surface area contributed by atoms with Crippen LogP contribution in [-0.2, 0) is 4.79 Å². The molecule has 3 heteroatoms. The van der Waals surface area contributed by atoms with E-state index >= 15 is 0 Å². The van der Waals surface area contributed by atoms with Gasteiger partial charge in [-0.2, -0.15) is 0 Å². The van der Waals surface area contributed by atoms with Crippen LogP contribution in [-0.4, -0.2) is 26.0 Å². The van der Waals surface area contributed by atoms with E-state index in [-0.39, 0.29) is 5.91 Å². The number of carbonyl (C=O) groups excluding carboxylic acids is 1. The number of benzene rings is 1. The molecule has 3 nitrogen and oxygen atoms in total. The molecule has 1 aromatic rings. The van der Waals surface area contributed by atoms with Crippen molar-refractivity contribution in [1.82, 2.24) is 5.32 Å². The van der Waals surface area contributed by atoms with Gasteiger partial charge in [-0.3, -0.25) is 4.79 Å². The first kappa shape index (κ1) is 15.0. The number of anilines is 1. The van der Waals surface area contributed by atoms with Gasteiger partial charge in [0.1, 0.15) is 0 Å². The number of nitrogens with zero attached hydrogens (tertiary/aromatic N) is 1. The van der Waals surface area contributed by atoms with Crippen LogP contribution >= 0.6 is 0 Å². The molecule has 0 saturated carbocycles. The fourth-order valence-electron chi connectivity index (χ4n) is 2.90. The number of carbonyl (C=O) groups is 1. The number of hydrogen-bond acceptors (Lipinski definition) is 2. The molecule has 1 unspecified atom stereocenters. The highest BCUT2D eigenvalue weighted by molar-refractivity contribution is 5.92. The minimum atomic E-state index is 0.222. The van der Waals surface area contributed by atoms with Crippen molar-refractivity contribution < 1.29 is 4.79 Å². The number of hydrogen-bond donors (Lipinski definition) is 1. The number of piperidine rings is 1. The Morgan fingerprint density at radius 3 is 2.50 bits per heavy atom. The lowest BCUT2D eigenvalue weighted by atomic mass is 9.84. The first-order valence-corrected chi connectivity index (χ1v) is 7.62. The Balaban J connectivity index is 1.91. The van der Waals surface area contributed by atoms with Crippen LogP contribution in [0.4, 0.5) is 5.69 Å². The maximum atomic E-state index is 12.4. The Bertz CT molecular complexity index is 435. The van der Waals surface area contributed by atoms with Gasteiger partial charge in [0.05, 0.1) is 0 Å². The lowest BCUT2D eigenvalue weighted by Gasteiger charge is -2.29. The smallest absolute Gasteiger partial charge is 0.226 e. The summed E-state index contributed by atoms with van der Waals surface area (Å²) >= 11 is 0. The molecule has 0 spiro atoms. The van der Waals surface area contributed by atoms with Crippen molar-refractivity contribution in [3.8, 4) is 0 Å². The van der Waals surface area contributed by atoms with Crippen molar-refractivity contribution in [3.63, 3.8) is 0 Å². The van der Waals surface area contributed by atoms with Crippen molar-refractivity contribution >= 4 is 11.6 Å². The van der Waals surface area contributed by atoms with Gasteiger partial charge < -0.3 is 10.2 Å². The molecule has 1 aromatic carbocycles. The van der Waals surface area contributed by atoms with Gasteiger partial charge >= 0.3 is 0 Å². The summed E-state index contributed by atoms with van der Waals surface area (Å²) in [7, 11) is 1.88. The Morgan fingerprint density at radius 2 is 1.90 bits per heavy atom. The van der Waals surface area contributed by atoms with Crippen LogP contribution in [0.15, 0.2) is 24.3 Å². The van der Waals surface area contributed by atoms with Crippen LogP contribution in [0.5, 0.6) is 0 Å². The lowest BCUT2D eigenvalue weighted by molar-refractivity contribution is -0.119. The number of aryl methyl sites for hydroxylation is 1. The predicted molar refractivity (Wildman–Crippen MR) is 84.0 cm³/mol. The van der Waals surface area contributed by atoms with E-state index in [2.05, 4.69) is 31.3 Å². The van der Waals surface area contributed by atoms with Crippen LogP contribution in [0.25, 0.3) is 0 Å². The monoisotopic (exact) mass is 274 g/mol. The Kier molecular flexibility index (Phi) is 5.18. The van der Waals surface area contributed by atoms with Crippen molar-refractivity contribution in [1.29, 1.82) is 0 Å². The van der Waals surface area contributed by atoms with Crippen molar-refractivity contribution in [3.05, 3.63) is 29.8 Å². The number of amides is 1. The summed E-state index contributed by atoms with van der Waals surface area (Å²) in [6.07, 6.45) is 3.04. The summed E-state index contributed by atoms with van der Waals surface area (Å²) in [5.74, 6) is 1.38. The Hall–Kier alpha value is -1.35. The molecule has 0 radical (unpaired) electrons. The van der Waals surface area contributed by atoms with E-state index in [1.54, 1.807) is 4.90 Å². The fourth-order valence-corrected chi connectivity index (χ4v) is 2.90. The molecule has 0 aromatic heterocycles. The van der Waals surface area contributed by atoms with Gasteiger partial charge in [0.25, 0.3) is 0 Å².